The van der Waals surface area contributed by atoms with Crippen molar-refractivity contribution < 1.29 is 23.5 Å². The van der Waals surface area contributed by atoms with Crippen molar-refractivity contribution in [3.8, 4) is 45.4 Å². The Kier molecular flexibility index (Phi) is 6.99. The van der Waals surface area contributed by atoms with Gasteiger partial charge in [-0.15, -0.1) is 0 Å². The molecule has 0 fully saturated rings. The number of ether oxygens (including phenoxy) is 2. The molecular formula is C24H15Cl2FN4O4. The van der Waals surface area contributed by atoms with Crippen LogP contribution in [0.2, 0.25) is 10.0 Å². The van der Waals surface area contributed by atoms with Gasteiger partial charge in [-0.3, -0.25) is 9.59 Å². The predicted octanol–water partition coefficient (Wildman–Crippen LogP) is 5.36. The number of methoxy groups -OCH3 is 2. The summed E-state index contributed by atoms with van der Waals surface area (Å²) in [6, 6.07) is 7.49. The number of rotatable bonds is 7. The van der Waals surface area contributed by atoms with Gasteiger partial charge in [0.25, 0.3) is 0 Å². The second kappa shape index (κ2) is 10.1. The van der Waals surface area contributed by atoms with E-state index in [1.165, 1.54) is 38.7 Å². The fourth-order valence-electron chi connectivity index (χ4n) is 3.39. The summed E-state index contributed by atoms with van der Waals surface area (Å²) >= 11 is 13.4. The molecule has 0 unspecified atom stereocenters. The van der Waals surface area contributed by atoms with Crippen molar-refractivity contribution in [3.63, 3.8) is 0 Å². The molecule has 2 heterocycles. The second-order valence-electron chi connectivity index (χ2n) is 7.02. The van der Waals surface area contributed by atoms with E-state index in [1.807, 2.05) is 0 Å². The Morgan fingerprint density at radius 3 is 1.80 bits per heavy atom. The molecule has 4 aromatic rings. The molecule has 0 spiro atoms. The van der Waals surface area contributed by atoms with Gasteiger partial charge in [-0.25, -0.2) is 24.3 Å². The normalized spacial score (nSPS) is 10.7. The van der Waals surface area contributed by atoms with E-state index in [-0.39, 0.29) is 50.0 Å². The van der Waals surface area contributed by atoms with E-state index in [2.05, 4.69) is 19.9 Å². The first kappa shape index (κ1) is 24.2. The highest BCUT2D eigenvalue weighted by Gasteiger charge is 2.20. The Labute approximate surface area is 208 Å². The van der Waals surface area contributed by atoms with Gasteiger partial charge >= 0.3 is 0 Å². The maximum atomic E-state index is 14.7. The smallest absolute Gasteiger partial charge is 0.243 e. The Morgan fingerprint density at radius 2 is 1.26 bits per heavy atom. The van der Waals surface area contributed by atoms with Gasteiger partial charge in [0.2, 0.25) is 11.8 Å². The summed E-state index contributed by atoms with van der Waals surface area (Å²) in [6.45, 7) is 0. The van der Waals surface area contributed by atoms with Crippen LogP contribution in [0, 0.1) is 5.82 Å². The lowest BCUT2D eigenvalue weighted by Crippen LogP contribution is -2.00. The van der Waals surface area contributed by atoms with Crippen LogP contribution in [0.15, 0.2) is 42.7 Å². The van der Waals surface area contributed by atoms with Crippen LogP contribution in [0.1, 0.15) is 21.0 Å². The van der Waals surface area contributed by atoms with Crippen LogP contribution in [0.25, 0.3) is 33.6 Å². The van der Waals surface area contributed by atoms with Crippen molar-refractivity contribution in [2.75, 3.05) is 14.2 Å². The summed E-state index contributed by atoms with van der Waals surface area (Å²) in [6.07, 6.45) is 3.71. The summed E-state index contributed by atoms with van der Waals surface area (Å²) in [5, 5.41) is 0.377. The van der Waals surface area contributed by atoms with Gasteiger partial charge < -0.3 is 9.47 Å². The molecular weight excluding hydrogens is 498 g/mol. The molecule has 0 aliphatic carbocycles. The van der Waals surface area contributed by atoms with E-state index < -0.39 is 5.82 Å². The fraction of sp³-hybridized carbons (Fsp3) is 0.0833. The highest BCUT2D eigenvalue weighted by molar-refractivity contribution is 6.39. The van der Waals surface area contributed by atoms with Crippen molar-refractivity contribution in [2.24, 2.45) is 0 Å². The van der Waals surface area contributed by atoms with E-state index >= 15 is 0 Å². The van der Waals surface area contributed by atoms with Crippen LogP contribution in [-0.2, 0) is 0 Å². The minimum Gasteiger partial charge on any atom is -0.479 e. The first-order chi connectivity index (χ1) is 16.9. The monoisotopic (exact) mass is 512 g/mol. The molecule has 0 saturated carbocycles. The number of halogens is 3. The third-order valence-electron chi connectivity index (χ3n) is 5.02. The summed E-state index contributed by atoms with van der Waals surface area (Å²) < 4.78 is 25.0. The average Bonchev–Trinajstić information content (AvgIpc) is 2.89. The molecule has 0 bridgehead atoms. The molecule has 11 heteroatoms. The van der Waals surface area contributed by atoms with E-state index in [0.717, 1.165) is 0 Å². The number of nitrogens with zero attached hydrogens (tertiary/aromatic N) is 4. The molecule has 2 aromatic carbocycles. The SMILES string of the molecule is COc1nc(-c2cccc(-c3cc(F)cc(-c4cnc(C=O)c(OC)n4)c3Cl)c2Cl)cnc1C=O. The number of carbonyl (C=O) groups excluding carboxylic acids is 2. The van der Waals surface area contributed by atoms with Gasteiger partial charge in [0.05, 0.1) is 48.0 Å². The molecule has 0 atom stereocenters. The molecule has 8 nitrogen and oxygen atoms in total. The maximum absolute atomic E-state index is 14.7. The van der Waals surface area contributed by atoms with Crippen LogP contribution in [0.4, 0.5) is 4.39 Å². The lowest BCUT2D eigenvalue weighted by atomic mass is 9.98. The largest absolute Gasteiger partial charge is 0.479 e. The lowest BCUT2D eigenvalue weighted by Gasteiger charge is -2.14. The second-order valence-corrected chi connectivity index (χ2v) is 7.77. The van der Waals surface area contributed by atoms with Crippen LogP contribution in [0.5, 0.6) is 11.8 Å². The number of carbonyl (C=O) groups is 2. The van der Waals surface area contributed by atoms with Crippen molar-refractivity contribution in [1.82, 2.24) is 19.9 Å². The Morgan fingerprint density at radius 1 is 0.771 bits per heavy atom. The zero-order valence-corrected chi connectivity index (χ0v) is 19.8. The first-order valence-electron chi connectivity index (χ1n) is 9.92. The van der Waals surface area contributed by atoms with Gasteiger partial charge in [0.15, 0.2) is 24.0 Å². The standard InChI is InChI=1S/C24H15Cl2FN4O4/c1-34-23-19(10-32)28-8-17(30-23)14-5-3-4-13(21(14)25)15-6-12(27)7-16(22(15)26)18-9-29-20(11-33)24(31-18)35-2/h3-11H,1-2H3. The number of hydrogen-bond donors (Lipinski definition) is 0. The van der Waals surface area contributed by atoms with Crippen molar-refractivity contribution in [2.45, 2.75) is 0 Å². The molecule has 35 heavy (non-hydrogen) atoms. The average molecular weight is 513 g/mol. The summed E-state index contributed by atoms with van der Waals surface area (Å²) in [7, 11) is 2.70. The number of hydrogen-bond acceptors (Lipinski definition) is 8. The quantitative estimate of drug-likeness (QED) is 0.305. The summed E-state index contributed by atoms with van der Waals surface area (Å²) in [5.41, 5.74) is 1.97. The van der Waals surface area contributed by atoms with Crippen LogP contribution < -0.4 is 9.47 Å². The van der Waals surface area contributed by atoms with Crippen molar-refractivity contribution in [1.29, 1.82) is 0 Å². The van der Waals surface area contributed by atoms with E-state index in [4.69, 9.17) is 32.7 Å². The van der Waals surface area contributed by atoms with E-state index in [9.17, 15) is 14.0 Å². The zero-order chi connectivity index (χ0) is 25.1. The Hall–Kier alpha value is -3.95. The van der Waals surface area contributed by atoms with E-state index in [0.29, 0.717) is 29.4 Å². The zero-order valence-electron chi connectivity index (χ0n) is 18.3. The van der Waals surface area contributed by atoms with Crippen molar-refractivity contribution in [3.05, 3.63) is 70.0 Å². The molecule has 2 aromatic heterocycles. The molecule has 0 aliphatic heterocycles. The van der Waals surface area contributed by atoms with Gasteiger partial charge in [-0.2, -0.15) is 0 Å². The summed E-state index contributed by atoms with van der Waals surface area (Å²) in [4.78, 5) is 38.9. The predicted molar refractivity (Wildman–Crippen MR) is 128 cm³/mol. The lowest BCUT2D eigenvalue weighted by molar-refractivity contribution is 0.110. The van der Waals surface area contributed by atoms with Gasteiger partial charge in [-0.05, 0) is 12.1 Å². The summed E-state index contributed by atoms with van der Waals surface area (Å²) in [5.74, 6) is -0.583. The fourth-order valence-corrected chi connectivity index (χ4v) is 4.03. The first-order valence-corrected chi connectivity index (χ1v) is 10.7. The molecule has 0 amide bonds. The molecule has 0 aliphatic rings. The Balaban J connectivity index is 1.87. The number of benzene rings is 2. The maximum Gasteiger partial charge on any atom is 0.243 e. The highest BCUT2D eigenvalue weighted by Crippen LogP contribution is 2.42. The molecule has 4 rings (SSSR count). The van der Waals surface area contributed by atoms with Gasteiger partial charge in [0.1, 0.15) is 5.82 Å². The van der Waals surface area contributed by atoms with Crippen LogP contribution in [-0.4, -0.2) is 46.7 Å². The van der Waals surface area contributed by atoms with Gasteiger partial charge in [0, 0.05) is 22.3 Å². The third-order valence-corrected chi connectivity index (χ3v) is 5.84. The van der Waals surface area contributed by atoms with Crippen LogP contribution in [0.3, 0.4) is 0 Å². The minimum atomic E-state index is -0.599. The number of aromatic nitrogens is 4. The molecule has 0 N–H and O–H groups in total. The highest BCUT2D eigenvalue weighted by atomic mass is 35.5. The molecule has 0 saturated heterocycles. The van der Waals surface area contributed by atoms with Crippen LogP contribution >= 0.6 is 23.2 Å². The molecule has 0 radical (unpaired) electrons. The van der Waals surface area contributed by atoms with Gasteiger partial charge in [-0.1, -0.05) is 41.4 Å². The van der Waals surface area contributed by atoms with E-state index in [1.54, 1.807) is 18.2 Å². The van der Waals surface area contributed by atoms with Crippen molar-refractivity contribution >= 4 is 35.8 Å². The third kappa shape index (κ3) is 4.55. The molecule has 176 valence electrons. The minimum absolute atomic E-state index is 0.00289. The Bertz CT molecular complexity index is 1470. The topological polar surface area (TPSA) is 104 Å². The number of aldehydes is 2.